The lowest BCUT2D eigenvalue weighted by Crippen LogP contribution is -2.41. The zero-order valence-corrected chi connectivity index (χ0v) is 15.1. The van der Waals surface area contributed by atoms with E-state index in [-0.39, 0.29) is 11.7 Å². The Hall–Kier alpha value is -0.730. The highest BCUT2D eigenvalue weighted by Crippen LogP contribution is 2.22. The molecule has 1 rings (SSSR count). The molecular formula is C17H37NO2. The van der Waals surface area contributed by atoms with Crippen molar-refractivity contribution in [1.29, 1.82) is 0 Å². The van der Waals surface area contributed by atoms with Gasteiger partial charge in [-0.25, -0.2) is 4.79 Å². The average Bonchev–Trinajstić information content (AvgIpc) is 2.42. The first kappa shape index (κ1) is 21.6. The lowest BCUT2D eigenvalue weighted by molar-refractivity contribution is 0.0181. The van der Waals surface area contributed by atoms with Crippen LogP contribution in [0.5, 0.6) is 0 Å². The van der Waals surface area contributed by atoms with E-state index in [1.807, 2.05) is 53.4 Å². The number of piperidine rings is 1. The van der Waals surface area contributed by atoms with Crippen molar-refractivity contribution in [3.8, 4) is 0 Å². The van der Waals surface area contributed by atoms with Gasteiger partial charge in [-0.05, 0) is 39.5 Å². The maximum atomic E-state index is 11.8. The summed E-state index contributed by atoms with van der Waals surface area (Å²) in [7, 11) is 0. The number of ether oxygens (including phenoxy) is 1. The molecule has 0 aromatic rings. The summed E-state index contributed by atoms with van der Waals surface area (Å²) in [6, 6.07) is 0. The molecule has 3 heteroatoms. The average molecular weight is 287 g/mol. The number of hydrogen-bond donors (Lipinski definition) is 0. The number of rotatable bonds is 2. The third-order valence-electron chi connectivity index (χ3n) is 2.96. The summed E-state index contributed by atoms with van der Waals surface area (Å²) in [5.41, 5.74) is -0.378. The Bertz CT molecular complexity index is 226. The van der Waals surface area contributed by atoms with Gasteiger partial charge in [0.15, 0.2) is 0 Å². The SMILES string of the molecule is CC.CC.CCCC1CCN(C(=O)OC(C)(C)C)CC1. The van der Waals surface area contributed by atoms with Crippen molar-refractivity contribution in [2.75, 3.05) is 13.1 Å². The van der Waals surface area contributed by atoms with E-state index in [0.717, 1.165) is 31.8 Å². The molecule has 0 radical (unpaired) electrons. The molecule has 0 atom stereocenters. The number of hydrogen-bond acceptors (Lipinski definition) is 2. The van der Waals surface area contributed by atoms with Crippen LogP contribution < -0.4 is 0 Å². The third-order valence-corrected chi connectivity index (χ3v) is 2.96. The van der Waals surface area contributed by atoms with Gasteiger partial charge < -0.3 is 9.64 Å². The van der Waals surface area contributed by atoms with Gasteiger partial charge in [0.25, 0.3) is 0 Å². The molecule has 0 spiro atoms. The van der Waals surface area contributed by atoms with Gasteiger partial charge in [-0.2, -0.15) is 0 Å². The van der Waals surface area contributed by atoms with Crippen LogP contribution in [-0.2, 0) is 4.74 Å². The highest BCUT2D eigenvalue weighted by Gasteiger charge is 2.26. The highest BCUT2D eigenvalue weighted by molar-refractivity contribution is 5.68. The van der Waals surface area contributed by atoms with Crippen LogP contribution in [-0.4, -0.2) is 29.7 Å². The maximum Gasteiger partial charge on any atom is 0.410 e. The minimum atomic E-state index is -0.378. The highest BCUT2D eigenvalue weighted by atomic mass is 16.6. The van der Waals surface area contributed by atoms with E-state index in [2.05, 4.69) is 6.92 Å². The molecule has 0 aromatic heterocycles. The number of likely N-dealkylation sites (tertiary alicyclic amines) is 1. The monoisotopic (exact) mass is 287 g/mol. The van der Waals surface area contributed by atoms with Crippen LogP contribution in [0.2, 0.25) is 0 Å². The van der Waals surface area contributed by atoms with Gasteiger partial charge in [-0.1, -0.05) is 47.5 Å². The molecule has 0 saturated carbocycles. The first-order valence-electron chi connectivity index (χ1n) is 8.40. The van der Waals surface area contributed by atoms with Gasteiger partial charge in [0.1, 0.15) is 5.60 Å². The van der Waals surface area contributed by atoms with E-state index in [0.29, 0.717) is 0 Å². The fourth-order valence-electron chi connectivity index (χ4n) is 2.14. The third kappa shape index (κ3) is 10.1. The molecule has 1 heterocycles. The molecule has 20 heavy (non-hydrogen) atoms. The molecule has 1 fully saturated rings. The van der Waals surface area contributed by atoms with Crippen LogP contribution in [0.3, 0.4) is 0 Å². The van der Waals surface area contributed by atoms with Crippen molar-refractivity contribution >= 4 is 6.09 Å². The zero-order chi connectivity index (χ0) is 16.2. The number of nitrogens with zero attached hydrogens (tertiary/aromatic N) is 1. The van der Waals surface area contributed by atoms with Gasteiger partial charge in [0.05, 0.1) is 0 Å². The molecular weight excluding hydrogens is 250 g/mol. The summed E-state index contributed by atoms with van der Waals surface area (Å²) in [5.74, 6) is 0.809. The second kappa shape index (κ2) is 12.0. The molecule has 0 N–H and O–H groups in total. The van der Waals surface area contributed by atoms with Crippen LogP contribution in [0, 0.1) is 5.92 Å². The lowest BCUT2D eigenvalue weighted by atomic mass is 9.93. The quantitative estimate of drug-likeness (QED) is 0.672. The fourth-order valence-corrected chi connectivity index (χ4v) is 2.14. The second-order valence-electron chi connectivity index (χ2n) is 5.70. The Kier molecular flexibility index (Phi) is 13.0. The molecule has 0 aliphatic carbocycles. The summed E-state index contributed by atoms with van der Waals surface area (Å²) in [6.45, 7) is 17.7. The summed E-state index contributed by atoms with van der Waals surface area (Å²) >= 11 is 0. The molecule has 122 valence electrons. The van der Waals surface area contributed by atoms with Crippen LogP contribution >= 0.6 is 0 Å². The molecule has 0 bridgehead atoms. The van der Waals surface area contributed by atoms with Crippen molar-refractivity contribution in [3.63, 3.8) is 0 Å². The first-order chi connectivity index (χ1) is 9.42. The smallest absolute Gasteiger partial charge is 0.410 e. The largest absolute Gasteiger partial charge is 0.444 e. The summed E-state index contributed by atoms with van der Waals surface area (Å²) in [6.07, 6.45) is 4.65. The Morgan fingerprint density at radius 1 is 1.10 bits per heavy atom. The van der Waals surface area contributed by atoms with Gasteiger partial charge in [-0.3, -0.25) is 0 Å². The van der Waals surface area contributed by atoms with Crippen molar-refractivity contribution in [2.45, 2.75) is 86.7 Å². The Labute approximate surface area is 127 Å². The van der Waals surface area contributed by atoms with Gasteiger partial charge in [0, 0.05) is 13.1 Å². The standard InChI is InChI=1S/C13H25NO2.2C2H6/c1-5-6-11-7-9-14(10-8-11)12(15)16-13(2,3)4;2*1-2/h11H,5-10H2,1-4H3;2*1-2H3. The lowest BCUT2D eigenvalue weighted by Gasteiger charge is -2.33. The predicted octanol–water partition coefficient (Wildman–Crippen LogP) is 5.49. The topological polar surface area (TPSA) is 29.5 Å². The first-order valence-corrected chi connectivity index (χ1v) is 8.40. The molecule has 1 aliphatic rings. The summed E-state index contributed by atoms with van der Waals surface area (Å²) in [4.78, 5) is 13.6. The van der Waals surface area contributed by atoms with Crippen LogP contribution in [0.4, 0.5) is 4.79 Å². The Balaban J connectivity index is 0. The van der Waals surface area contributed by atoms with E-state index < -0.39 is 0 Å². The fraction of sp³-hybridized carbons (Fsp3) is 0.941. The molecule has 0 unspecified atom stereocenters. The molecule has 1 saturated heterocycles. The van der Waals surface area contributed by atoms with Crippen LogP contribution in [0.1, 0.15) is 81.1 Å². The van der Waals surface area contributed by atoms with Gasteiger partial charge >= 0.3 is 6.09 Å². The summed E-state index contributed by atoms with van der Waals surface area (Å²) in [5, 5.41) is 0. The van der Waals surface area contributed by atoms with Crippen LogP contribution in [0.25, 0.3) is 0 Å². The minimum absolute atomic E-state index is 0.151. The van der Waals surface area contributed by atoms with Gasteiger partial charge in [-0.15, -0.1) is 0 Å². The second-order valence-corrected chi connectivity index (χ2v) is 5.70. The van der Waals surface area contributed by atoms with Crippen LogP contribution in [0.15, 0.2) is 0 Å². The molecule has 0 aromatic carbocycles. The van der Waals surface area contributed by atoms with Crippen molar-refractivity contribution < 1.29 is 9.53 Å². The van der Waals surface area contributed by atoms with E-state index >= 15 is 0 Å². The molecule has 1 amide bonds. The number of amides is 1. The van der Waals surface area contributed by atoms with E-state index in [1.165, 1.54) is 12.8 Å². The van der Waals surface area contributed by atoms with E-state index in [1.54, 1.807) is 0 Å². The van der Waals surface area contributed by atoms with Crippen molar-refractivity contribution in [3.05, 3.63) is 0 Å². The summed E-state index contributed by atoms with van der Waals surface area (Å²) < 4.78 is 5.36. The minimum Gasteiger partial charge on any atom is -0.444 e. The molecule has 3 nitrogen and oxygen atoms in total. The van der Waals surface area contributed by atoms with E-state index in [9.17, 15) is 4.79 Å². The predicted molar refractivity (Wildman–Crippen MR) is 88.1 cm³/mol. The number of carbonyl (C=O) groups excluding carboxylic acids is 1. The van der Waals surface area contributed by atoms with Crippen molar-refractivity contribution in [1.82, 2.24) is 4.90 Å². The zero-order valence-electron chi connectivity index (χ0n) is 15.1. The Morgan fingerprint density at radius 2 is 1.55 bits per heavy atom. The normalized spacial score (nSPS) is 15.5. The van der Waals surface area contributed by atoms with E-state index in [4.69, 9.17) is 4.74 Å². The number of carbonyl (C=O) groups is 1. The Morgan fingerprint density at radius 3 is 1.90 bits per heavy atom. The molecule has 1 aliphatic heterocycles. The maximum absolute atomic E-state index is 11.8. The van der Waals surface area contributed by atoms with Crippen molar-refractivity contribution in [2.24, 2.45) is 5.92 Å². The van der Waals surface area contributed by atoms with Gasteiger partial charge in [0.2, 0.25) is 0 Å².